The zero-order chi connectivity index (χ0) is 21.3. The van der Waals surface area contributed by atoms with E-state index in [4.69, 9.17) is 0 Å². The highest BCUT2D eigenvalue weighted by Gasteiger charge is 2.36. The number of aromatic nitrogens is 2. The van der Waals surface area contributed by atoms with Crippen molar-refractivity contribution < 1.29 is 14.7 Å². The third-order valence-corrected chi connectivity index (χ3v) is 6.57. The molecule has 0 radical (unpaired) electrons. The van der Waals surface area contributed by atoms with E-state index in [1.165, 1.54) is 0 Å². The molecule has 0 saturated carbocycles. The van der Waals surface area contributed by atoms with Gasteiger partial charge in [-0.1, -0.05) is 36.4 Å². The number of imide groups is 1. The fourth-order valence-corrected chi connectivity index (χ4v) is 5.23. The van der Waals surface area contributed by atoms with Crippen LogP contribution in [-0.2, 0) is 29.6 Å². The van der Waals surface area contributed by atoms with Crippen LogP contribution in [-0.4, -0.2) is 32.7 Å². The molecule has 6 heteroatoms. The Morgan fingerprint density at radius 1 is 0.968 bits per heavy atom. The van der Waals surface area contributed by atoms with Gasteiger partial charge in [-0.25, -0.2) is 0 Å². The number of amides is 2. The first-order chi connectivity index (χ1) is 15.1. The molecule has 2 aromatic heterocycles. The highest BCUT2D eigenvalue weighted by Crippen LogP contribution is 2.40. The molecule has 0 spiro atoms. The Kier molecular flexibility index (Phi) is 3.76. The molecule has 0 aliphatic carbocycles. The molecule has 2 amide bonds. The van der Waals surface area contributed by atoms with Gasteiger partial charge in [0.2, 0.25) is 0 Å². The van der Waals surface area contributed by atoms with Crippen molar-refractivity contribution in [3.05, 3.63) is 71.5 Å². The lowest BCUT2D eigenvalue weighted by atomic mass is 9.93. The monoisotopic (exact) mass is 411 g/mol. The topological polar surface area (TPSA) is 76.3 Å². The average molecular weight is 411 g/mol. The first-order valence-electron chi connectivity index (χ1n) is 10.4. The average Bonchev–Trinajstić information content (AvgIpc) is 3.40. The highest BCUT2D eigenvalue weighted by atomic mass is 16.3. The Bertz CT molecular complexity index is 1450. The van der Waals surface area contributed by atoms with Crippen LogP contribution in [0, 0.1) is 5.92 Å². The van der Waals surface area contributed by atoms with Gasteiger partial charge >= 0.3 is 0 Å². The molecule has 31 heavy (non-hydrogen) atoms. The maximum atomic E-state index is 13.0. The predicted octanol–water partition coefficient (Wildman–Crippen LogP) is 2.86. The third kappa shape index (κ3) is 2.48. The molecule has 1 unspecified atom stereocenters. The van der Waals surface area contributed by atoms with Gasteiger partial charge in [0.25, 0.3) is 11.8 Å². The number of nitrogens with zero attached hydrogens (tertiary/aromatic N) is 2. The van der Waals surface area contributed by atoms with Gasteiger partial charge in [0.1, 0.15) is 0 Å². The van der Waals surface area contributed by atoms with Crippen LogP contribution in [0.2, 0.25) is 0 Å². The summed E-state index contributed by atoms with van der Waals surface area (Å²) in [4.78, 5) is 26.0. The molecular weight excluding hydrogens is 390 g/mol. The van der Waals surface area contributed by atoms with Gasteiger partial charge in [0.05, 0.1) is 16.7 Å². The van der Waals surface area contributed by atoms with Crippen LogP contribution < -0.4 is 5.32 Å². The summed E-state index contributed by atoms with van der Waals surface area (Å²) in [5, 5.41) is 14.2. The molecule has 2 aromatic carbocycles. The van der Waals surface area contributed by atoms with E-state index in [1.54, 1.807) is 0 Å². The standard InChI is InChI=1S/C25H21N3O3/c1-27-11-18(16-6-2-3-8-20(16)27)21-22(25(31)26-24(21)30)19-12-28-10-14(13-29)9-15-5-4-7-17(19)23(15)28/h2-8,11-12,14,29H,9-10,13H2,1H3,(H,26,30,31). The molecule has 1 atom stereocenters. The van der Waals surface area contributed by atoms with Gasteiger partial charge in [-0.15, -0.1) is 0 Å². The van der Waals surface area contributed by atoms with Crippen molar-refractivity contribution >= 4 is 44.8 Å². The minimum atomic E-state index is -0.365. The van der Waals surface area contributed by atoms with Gasteiger partial charge in [-0.3, -0.25) is 14.9 Å². The van der Waals surface area contributed by atoms with E-state index in [-0.39, 0.29) is 24.3 Å². The largest absolute Gasteiger partial charge is 0.396 e. The fraction of sp³-hybridized carbons (Fsp3) is 0.200. The van der Waals surface area contributed by atoms with Crippen LogP contribution in [0.25, 0.3) is 33.0 Å². The second-order valence-corrected chi connectivity index (χ2v) is 8.47. The van der Waals surface area contributed by atoms with Crippen LogP contribution in [0.5, 0.6) is 0 Å². The van der Waals surface area contributed by atoms with Crippen molar-refractivity contribution in [1.29, 1.82) is 0 Å². The number of para-hydroxylation sites is 2. The van der Waals surface area contributed by atoms with Crippen molar-refractivity contribution in [3.8, 4) is 0 Å². The molecule has 6 nitrogen and oxygen atoms in total. The molecule has 0 bridgehead atoms. The predicted molar refractivity (Wildman–Crippen MR) is 119 cm³/mol. The van der Waals surface area contributed by atoms with E-state index in [0.717, 1.165) is 44.9 Å². The Morgan fingerprint density at radius 2 is 1.68 bits per heavy atom. The molecule has 4 heterocycles. The van der Waals surface area contributed by atoms with E-state index in [0.29, 0.717) is 17.7 Å². The van der Waals surface area contributed by atoms with Gasteiger partial charge in [0, 0.05) is 65.9 Å². The summed E-state index contributed by atoms with van der Waals surface area (Å²) in [5.41, 5.74) is 5.61. The smallest absolute Gasteiger partial charge is 0.259 e. The quantitative estimate of drug-likeness (QED) is 0.509. The van der Waals surface area contributed by atoms with Crippen molar-refractivity contribution in [2.24, 2.45) is 13.0 Å². The molecule has 6 rings (SSSR count). The third-order valence-electron chi connectivity index (χ3n) is 6.57. The van der Waals surface area contributed by atoms with E-state index in [2.05, 4.69) is 16.0 Å². The number of aliphatic hydroxyl groups is 1. The van der Waals surface area contributed by atoms with Crippen molar-refractivity contribution in [2.45, 2.75) is 13.0 Å². The zero-order valence-electron chi connectivity index (χ0n) is 17.1. The number of aliphatic hydroxyl groups excluding tert-OH is 1. The van der Waals surface area contributed by atoms with Gasteiger partial charge in [-0.05, 0) is 18.1 Å². The van der Waals surface area contributed by atoms with Crippen LogP contribution >= 0.6 is 0 Å². The maximum Gasteiger partial charge on any atom is 0.259 e. The first kappa shape index (κ1) is 18.2. The number of aryl methyl sites for hydroxylation is 1. The number of rotatable bonds is 3. The SMILES string of the molecule is Cn1cc(C2=C(c3cn4c5c(cccc35)CC(CO)C4)C(=O)NC2=O)c2ccccc21. The fourth-order valence-electron chi connectivity index (χ4n) is 5.23. The van der Waals surface area contributed by atoms with E-state index in [1.807, 2.05) is 60.4 Å². The summed E-state index contributed by atoms with van der Waals surface area (Å²) in [5.74, 6) is -0.587. The summed E-state index contributed by atoms with van der Waals surface area (Å²) < 4.78 is 4.10. The minimum Gasteiger partial charge on any atom is -0.396 e. The number of benzene rings is 2. The summed E-state index contributed by atoms with van der Waals surface area (Å²) in [7, 11) is 1.94. The molecule has 2 aliphatic heterocycles. The van der Waals surface area contributed by atoms with Gasteiger partial charge in [0.15, 0.2) is 0 Å². The highest BCUT2D eigenvalue weighted by molar-refractivity contribution is 6.50. The van der Waals surface area contributed by atoms with Crippen LogP contribution in [0.4, 0.5) is 0 Å². The molecule has 154 valence electrons. The minimum absolute atomic E-state index is 0.117. The number of carbonyl (C=O) groups excluding carboxylic acids is 2. The lowest BCUT2D eigenvalue weighted by Crippen LogP contribution is -2.22. The van der Waals surface area contributed by atoms with Crippen LogP contribution in [0.15, 0.2) is 54.9 Å². The first-order valence-corrected chi connectivity index (χ1v) is 10.4. The van der Waals surface area contributed by atoms with E-state index >= 15 is 0 Å². The molecule has 0 saturated heterocycles. The van der Waals surface area contributed by atoms with Crippen LogP contribution in [0.3, 0.4) is 0 Å². The summed E-state index contributed by atoms with van der Waals surface area (Å²) in [6.45, 7) is 0.808. The number of carbonyl (C=O) groups is 2. The lowest BCUT2D eigenvalue weighted by Gasteiger charge is -2.22. The van der Waals surface area contributed by atoms with Crippen LogP contribution in [0.1, 0.15) is 16.7 Å². The molecule has 0 fully saturated rings. The number of nitrogens with one attached hydrogen (secondary N) is 1. The zero-order valence-corrected chi connectivity index (χ0v) is 17.1. The summed E-state index contributed by atoms with van der Waals surface area (Å²) in [6, 6.07) is 14.0. The Hall–Kier alpha value is -3.64. The van der Waals surface area contributed by atoms with Crippen molar-refractivity contribution in [3.63, 3.8) is 0 Å². The van der Waals surface area contributed by atoms with Gasteiger partial charge < -0.3 is 14.2 Å². The number of hydrogen-bond acceptors (Lipinski definition) is 3. The van der Waals surface area contributed by atoms with Gasteiger partial charge in [-0.2, -0.15) is 0 Å². The summed E-state index contributed by atoms with van der Waals surface area (Å²) in [6.07, 6.45) is 4.69. The van der Waals surface area contributed by atoms with Crippen molar-refractivity contribution in [2.75, 3.05) is 6.61 Å². The Balaban J connectivity index is 1.66. The van der Waals surface area contributed by atoms with E-state index in [9.17, 15) is 14.7 Å². The number of hydrogen-bond donors (Lipinski definition) is 2. The second kappa shape index (κ2) is 6.43. The molecule has 4 aromatic rings. The lowest BCUT2D eigenvalue weighted by molar-refractivity contribution is -0.122. The Labute approximate surface area is 178 Å². The van der Waals surface area contributed by atoms with E-state index < -0.39 is 0 Å². The number of fused-ring (bicyclic) bond motifs is 1. The normalized spacial score (nSPS) is 18.5. The summed E-state index contributed by atoms with van der Waals surface area (Å²) >= 11 is 0. The molecular formula is C25H21N3O3. The Morgan fingerprint density at radius 3 is 2.45 bits per heavy atom. The molecule has 2 aliphatic rings. The maximum absolute atomic E-state index is 13.0. The second-order valence-electron chi connectivity index (χ2n) is 8.47. The van der Waals surface area contributed by atoms with Crippen molar-refractivity contribution in [1.82, 2.24) is 14.5 Å². The molecule has 2 N–H and O–H groups in total.